The number of hydrogen-bond donors (Lipinski definition) is 1. The van der Waals surface area contributed by atoms with Crippen LogP contribution < -0.4 is 14.8 Å². The SMILES string of the molecule is Cn1cc(-c2ccccc2OCC2CC(CNC(=O)Oc3ccccc3)=NO2)cn1. The van der Waals surface area contributed by atoms with Gasteiger partial charge in [0.05, 0.1) is 18.5 Å². The largest absolute Gasteiger partial charge is 0.489 e. The molecular formula is C22H22N4O4. The van der Waals surface area contributed by atoms with Gasteiger partial charge >= 0.3 is 6.09 Å². The quantitative estimate of drug-likeness (QED) is 0.650. The van der Waals surface area contributed by atoms with Crippen molar-refractivity contribution in [3.05, 3.63) is 67.0 Å². The van der Waals surface area contributed by atoms with Crippen LogP contribution in [0.4, 0.5) is 4.79 Å². The van der Waals surface area contributed by atoms with E-state index in [1.165, 1.54) is 0 Å². The van der Waals surface area contributed by atoms with Gasteiger partial charge in [0.1, 0.15) is 18.1 Å². The highest BCUT2D eigenvalue weighted by molar-refractivity contribution is 5.89. The minimum absolute atomic E-state index is 0.214. The second-order valence-electron chi connectivity index (χ2n) is 6.86. The monoisotopic (exact) mass is 406 g/mol. The molecule has 0 bridgehead atoms. The zero-order chi connectivity index (χ0) is 20.8. The number of rotatable bonds is 7. The van der Waals surface area contributed by atoms with Crippen LogP contribution in [0.25, 0.3) is 11.1 Å². The van der Waals surface area contributed by atoms with Crippen LogP contribution >= 0.6 is 0 Å². The average molecular weight is 406 g/mol. The molecule has 0 saturated carbocycles. The summed E-state index contributed by atoms with van der Waals surface area (Å²) in [7, 11) is 1.88. The molecule has 0 aliphatic carbocycles. The lowest BCUT2D eigenvalue weighted by Crippen LogP contribution is -2.32. The van der Waals surface area contributed by atoms with E-state index in [9.17, 15) is 4.79 Å². The molecular weight excluding hydrogens is 384 g/mol. The Bertz CT molecular complexity index is 1030. The molecule has 1 aliphatic heterocycles. The van der Waals surface area contributed by atoms with Gasteiger partial charge in [-0.25, -0.2) is 4.79 Å². The first-order chi connectivity index (χ1) is 14.7. The molecule has 8 heteroatoms. The lowest BCUT2D eigenvalue weighted by molar-refractivity contribution is 0.0472. The Morgan fingerprint density at radius 2 is 2.00 bits per heavy atom. The van der Waals surface area contributed by atoms with Crippen molar-refractivity contribution in [3.63, 3.8) is 0 Å². The van der Waals surface area contributed by atoms with E-state index in [4.69, 9.17) is 14.3 Å². The van der Waals surface area contributed by atoms with Crippen LogP contribution in [-0.4, -0.2) is 40.8 Å². The summed E-state index contributed by atoms with van der Waals surface area (Å²) in [6.07, 6.45) is 3.56. The van der Waals surface area contributed by atoms with Crippen molar-refractivity contribution >= 4 is 11.8 Å². The number of nitrogens with zero attached hydrogens (tertiary/aromatic N) is 3. The number of amides is 1. The van der Waals surface area contributed by atoms with E-state index < -0.39 is 6.09 Å². The second-order valence-corrected chi connectivity index (χ2v) is 6.86. The summed E-state index contributed by atoms with van der Waals surface area (Å²) in [5.41, 5.74) is 2.68. The fourth-order valence-corrected chi connectivity index (χ4v) is 3.06. The minimum Gasteiger partial charge on any atom is -0.489 e. The van der Waals surface area contributed by atoms with E-state index in [0.717, 1.165) is 22.6 Å². The lowest BCUT2D eigenvalue weighted by atomic mass is 10.1. The van der Waals surface area contributed by atoms with Crippen LogP contribution in [0.1, 0.15) is 6.42 Å². The van der Waals surface area contributed by atoms with Gasteiger partial charge in [-0.15, -0.1) is 0 Å². The molecule has 1 atom stereocenters. The van der Waals surface area contributed by atoms with Gasteiger partial charge in [-0.2, -0.15) is 5.10 Å². The van der Waals surface area contributed by atoms with E-state index >= 15 is 0 Å². The van der Waals surface area contributed by atoms with Gasteiger partial charge in [-0.3, -0.25) is 4.68 Å². The normalized spacial score (nSPS) is 15.2. The van der Waals surface area contributed by atoms with Crippen molar-refractivity contribution in [2.45, 2.75) is 12.5 Å². The number of hydrogen-bond acceptors (Lipinski definition) is 6. The van der Waals surface area contributed by atoms with Crippen LogP contribution in [-0.2, 0) is 11.9 Å². The fraction of sp³-hybridized carbons (Fsp3) is 0.227. The van der Waals surface area contributed by atoms with Crippen LogP contribution in [0.15, 0.2) is 72.1 Å². The maximum Gasteiger partial charge on any atom is 0.412 e. The number of benzene rings is 2. The Hall–Kier alpha value is -3.81. The van der Waals surface area contributed by atoms with Crippen molar-refractivity contribution in [1.82, 2.24) is 15.1 Å². The highest BCUT2D eigenvalue weighted by atomic mass is 16.7. The van der Waals surface area contributed by atoms with Gasteiger partial charge in [0, 0.05) is 30.8 Å². The van der Waals surface area contributed by atoms with E-state index in [-0.39, 0.29) is 12.6 Å². The molecule has 8 nitrogen and oxygen atoms in total. The highest BCUT2D eigenvalue weighted by Crippen LogP contribution is 2.29. The summed E-state index contributed by atoms with van der Waals surface area (Å²) in [6, 6.07) is 16.7. The lowest BCUT2D eigenvalue weighted by Gasteiger charge is -2.13. The van der Waals surface area contributed by atoms with Crippen LogP contribution in [0, 0.1) is 0 Å². The molecule has 1 amide bonds. The first-order valence-corrected chi connectivity index (χ1v) is 9.60. The molecule has 30 heavy (non-hydrogen) atoms. The predicted molar refractivity (Wildman–Crippen MR) is 112 cm³/mol. The van der Waals surface area contributed by atoms with E-state index in [2.05, 4.69) is 15.6 Å². The van der Waals surface area contributed by atoms with Gasteiger partial charge in [0.15, 0.2) is 6.10 Å². The molecule has 3 aromatic rings. The van der Waals surface area contributed by atoms with Crippen molar-refractivity contribution < 1.29 is 19.1 Å². The minimum atomic E-state index is -0.533. The van der Waals surface area contributed by atoms with Crippen molar-refractivity contribution in [2.75, 3.05) is 13.2 Å². The summed E-state index contributed by atoms with van der Waals surface area (Å²) in [6.45, 7) is 0.604. The van der Waals surface area contributed by atoms with Crippen molar-refractivity contribution in [3.8, 4) is 22.6 Å². The fourth-order valence-electron chi connectivity index (χ4n) is 3.06. The summed E-state index contributed by atoms with van der Waals surface area (Å²) in [5.74, 6) is 1.24. The Morgan fingerprint density at radius 1 is 1.20 bits per heavy atom. The van der Waals surface area contributed by atoms with Crippen molar-refractivity contribution in [1.29, 1.82) is 0 Å². The third-order valence-corrected chi connectivity index (χ3v) is 4.51. The number of aryl methyl sites for hydroxylation is 1. The highest BCUT2D eigenvalue weighted by Gasteiger charge is 2.23. The van der Waals surface area contributed by atoms with Gasteiger partial charge in [0.25, 0.3) is 0 Å². The zero-order valence-corrected chi connectivity index (χ0v) is 16.5. The van der Waals surface area contributed by atoms with E-state index in [1.807, 2.05) is 43.6 Å². The topological polar surface area (TPSA) is 87.0 Å². The average Bonchev–Trinajstić information content (AvgIpc) is 3.40. The van der Waals surface area contributed by atoms with Crippen LogP contribution in [0.5, 0.6) is 11.5 Å². The molecule has 1 aromatic heterocycles. The maximum absolute atomic E-state index is 11.9. The Balaban J connectivity index is 1.24. The Morgan fingerprint density at radius 3 is 2.80 bits per heavy atom. The van der Waals surface area contributed by atoms with Crippen LogP contribution in [0.2, 0.25) is 0 Å². The molecule has 0 spiro atoms. The van der Waals surface area contributed by atoms with Gasteiger partial charge in [-0.05, 0) is 18.2 Å². The number of carbonyl (C=O) groups excluding carboxylic acids is 1. The van der Waals surface area contributed by atoms with Gasteiger partial charge < -0.3 is 19.6 Å². The first kappa shape index (κ1) is 19.5. The smallest absolute Gasteiger partial charge is 0.412 e. The van der Waals surface area contributed by atoms with Crippen LogP contribution in [0.3, 0.4) is 0 Å². The van der Waals surface area contributed by atoms with Gasteiger partial charge in [0.2, 0.25) is 0 Å². The predicted octanol–water partition coefficient (Wildman–Crippen LogP) is 3.40. The Kier molecular flexibility index (Phi) is 5.93. The first-order valence-electron chi connectivity index (χ1n) is 9.60. The molecule has 2 heterocycles. The zero-order valence-electron chi connectivity index (χ0n) is 16.5. The number of carbonyl (C=O) groups is 1. The van der Waals surface area contributed by atoms with Gasteiger partial charge in [-0.1, -0.05) is 41.6 Å². The molecule has 1 aliphatic rings. The summed E-state index contributed by atoms with van der Waals surface area (Å²) in [4.78, 5) is 17.3. The Labute approximate surface area is 174 Å². The molecule has 154 valence electrons. The summed E-state index contributed by atoms with van der Waals surface area (Å²) < 4.78 is 12.9. The maximum atomic E-state index is 11.9. The number of para-hydroxylation sites is 2. The number of aromatic nitrogens is 2. The summed E-state index contributed by atoms with van der Waals surface area (Å²) >= 11 is 0. The molecule has 4 rings (SSSR count). The number of ether oxygens (including phenoxy) is 2. The molecule has 0 radical (unpaired) electrons. The number of nitrogens with one attached hydrogen (secondary N) is 1. The standard InChI is InChI=1S/C22H22N4O4/c1-26-14-16(12-24-26)20-9-5-6-10-21(20)28-15-19-11-17(25-30-19)13-23-22(27)29-18-7-3-2-4-8-18/h2-10,12,14,19H,11,13,15H2,1H3,(H,23,27). The molecule has 1 unspecified atom stereocenters. The van der Waals surface area contributed by atoms with E-state index in [0.29, 0.717) is 18.8 Å². The van der Waals surface area contributed by atoms with E-state index in [1.54, 1.807) is 35.1 Å². The molecule has 0 saturated heterocycles. The summed E-state index contributed by atoms with van der Waals surface area (Å²) in [5, 5.41) is 10.9. The molecule has 2 aromatic carbocycles. The molecule has 1 N–H and O–H groups in total. The number of oxime groups is 1. The third kappa shape index (κ3) is 4.96. The van der Waals surface area contributed by atoms with Crippen molar-refractivity contribution in [2.24, 2.45) is 12.2 Å². The second kappa shape index (κ2) is 9.13. The third-order valence-electron chi connectivity index (χ3n) is 4.51. The molecule has 0 fully saturated rings.